The molecule has 0 aliphatic rings. The number of halogens is 1. The molecule has 0 saturated heterocycles. The molecule has 0 fully saturated rings. The highest BCUT2D eigenvalue weighted by Gasteiger charge is 2.13. The minimum Gasteiger partial charge on any atom is -0.382 e. The Kier molecular flexibility index (Phi) is 3.70. The van der Waals surface area contributed by atoms with E-state index >= 15 is 0 Å². The van der Waals surface area contributed by atoms with Crippen LogP contribution in [0.15, 0.2) is 29.4 Å². The Morgan fingerprint density at radius 3 is 2.78 bits per heavy atom. The second-order valence-corrected chi connectivity index (χ2v) is 4.65. The molecule has 0 spiro atoms. The number of nitriles is 1. The van der Waals surface area contributed by atoms with Crippen LogP contribution in [0.25, 0.3) is 11.3 Å². The van der Waals surface area contributed by atoms with E-state index in [0.717, 1.165) is 5.56 Å². The number of anilines is 1. The van der Waals surface area contributed by atoms with Crippen LogP contribution in [0.3, 0.4) is 0 Å². The number of nitrogens with zero attached hydrogens (tertiary/aromatic N) is 3. The van der Waals surface area contributed by atoms with E-state index in [0.29, 0.717) is 15.9 Å². The van der Waals surface area contributed by atoms with Gasteiger partial charge in [-0.3, -0.25) is 0 Å². The van der Waals surface area contributed by atoms with Crippen molar-refractivity contribution in [1.29, 1.82) is 5.26 Å². The average Bonchev–Trinajstić information content (AvgIpc) is 2.37. The summed E-state index contributed by atoms with van der Waals surface area (Å²) < 4.78 is 0. The van der Waals surface area contributed by atoms with Gasteiger partial charge in [0.2, 0.25) is 0 Å². The smallest absolute Gasteiger partial charge is 0.189 e. The summed E-state index contributed by atoms with van der Waals surface area (Å²) in [5.74, 6) is 0.187. The fraction of sp³-hybridized carbons (Fsp3) is 0.0833. The van der Waals surface area contributed by atoms with Crippen LogP contribution in [0.2, 0.25) is 5.02 Å². The van der Waals surface area contributed by atoms with Crippen molar-refractivity contribution in [3.8, 4) is 17.3 Å². The van der Waals surface area contributed by atoms with Crippen LogP contribution in [-0.2, 0) is 0 Å². The predicted molar refractivity (Wildman–Crippen MR) is 73.4 cm³/mol. The summed E-state index contributed by atoms with van der Waals surface area (Å²) in [6.45, 7) is 0. The van der Waals surface area contributed by atoms with Crippen LogP contribution in [-0.4, -0.2) is 16.2 Å². The highest BCUT2D eigenvalue weighted by molar-refractivity contribution is 7.98. The normalized spacial score (nSPS) is 10.1. The first-order chi connectivity index (χ1) is 8.65. The number of rotatable bonds is 2. The first kappa shape index (κ1) is 12.7. The first-order valence-corrected chi connectivity index (χ1v) is 6.63. The number of benzene rings is 1. The van der Waals surface area contributed by atoms with Gasteiger partial charge < -0.3 is 5.73 Å². The van der Waals surface area contributed by atoms with Crippen molar-refractivity contribution >= 4 is 29.2 Å². The minimum absolute atomic E-state index is 0.187. The molecule has 4 nitrogen and oxygen atoms in total. The van der Waals surface area contributed by atoms with E-state index < -0.39 is 0 Å². The van der Waals surface area contributed by atoms with Gasteiger partial charge in [-0.15, -0.1) is 0 Å². The Morgan fingerprint density at radius 1 is 1.39 bits per heavy atom. The number of nitrogens with two attached hydrogens (primary N) is 1. The van der Waals surface area contributed by atoms with Gasteiger partial charge in [-0.2, -0.15) is 5.26 Å². The summed E-state index contributed by atoms with van der Waals surface area (Å²) in [5, 5.41) is 10.3. The summed E-state index contributed by atoms with van der Waals surface area (Å²) in [6, 6.07) is 9.17. The molecule has 2 rings (SSSR count). The molecule has 6 heteroatoms. The van der Waals surface area contributed by atoms with Crippen molar-refractivity contribution in [2.24, 2.45) is 0 Å². The number of nitrogen functional groups attached to an aromatic ring is 1. The molecule has 1 aromatic heterocycles. The van der Waals surface area contributed by atoms with Crippen LogP contribution in [0.5, 0.6) is 0 Å². The third-order valence-electron chi connectivity index (χ3n) is 2.31. The molecule has 2 aromatic rings. The third-order valence-corrected chi connectivity index (χ3v) is 3.09. The SMILES string of the molecule is CSc1nc(N)c(C#N)c(-c2cccc(Cl)c2)n1. The van der Waals surface area contributed by atoms with Gasteiger partial charge in [0.1, 0.15) is 17.5 Å². The van der Waals surface area contributed by atoms with Gasteiger partial charge in [0.15, 0.2) is 5.16 Å². The Balaban J connectivity index is 2.69. The zero-order valence-corrected chi connectivity index (χ0v) is 11.1. The lowest BCUT2D eigenvalue weighted by Crippen LogP contribution is -2.02. The molecule has 0 amide bonds. The van der Waals surface area contributed by atoms with Crippen molar-refractivity contribution < 1.29 is 0 Å². The highest BCUT2D eigenvalue weighted by Crippen LogP contribution is 2.28. The fourth-order valence-corrected chi connectivity index (χ4v) is 2.07. The molecular weight excluding hydrogens is 268 g/mol. The lowest BCUT2D eigenvalue weighted by molar-refractivity contribution is 0.979. The van der Waals surface area contributed by atoms with E-state index in [2.05, 4.69) is 9.97 Å². The molecule has 0 saturated carbocycles. The summed E-state index contributed by atoms with van der Waals surface area (Å²) in [5.41, 5.74) is 7.30. The molecule has 0 atom stereocenters. The second-order valence-electron chi connectivity index (χ2n) is 3.44. The fourth-order valence-electron chi connectivity index (χ4n) is 1.50. The standard InChI is InChI=1S/C12H9ClN4S/c1-18-12-16-10(9(6-14)11(15)17-12)7-3-2-4-8(13)5-7/h2-5H,1H3,(H2,15,16,17). The zero-order valence-electron chi connectivity index (χ0n) is 9.51. The molecule has 90 valence electrons. The van der Waals surface area contributed by atoms with Crippen molar-refractivity contribution in [3.63, 3.8) is 0 Å². The average molecular weight is 277 g/mol. The molecular formula is C12H9ClN4S. The van der Waals surface area contributed by atoms with Gasteiger partial charge in [-0.25, -0.2) is 9.97 Å². The molecule has 0 unspecified atom stereocenters. The van der Waals surface area contributed by atoms with Gasteiger partial charge in [-0.05, 0) is 18.4 Å². The maximum Gasteiger partial charge on any atom is 0.189 e. The predicted octanol–water partition coefficient (Wildman–Crippen LogP) is 2.97. The van der Waals surface area contributed by atoms with Gasteiger partial charge >= 0.3 is 0 Å². The summed E-state index contributed by atoms with van der Waals surface area (Å²) in [4.78, 5) is 8.37. The Morgan fingerprint density at radius 2 is 2.17 bits per heavy atom. The number of thioether (sulfide) groups is 1. The second kappa shape index (κ2) is 5.25. The third kappa shape index (κ3) is 2.40. The Bertz CT molecular complexity index is 636. The lowest BCUT2D eigenvalue weighted by atomic mass is 10.1. The van der Waals surface area contributed by atoms with E-state index in [1.54, 1.807) is 18.2 Å². The van der Waals surface area contributed by atoms with Crippen molar-refractivity contribution in [2.75, 3.05) is 12.0 Å². The molecule has 1 heterocycles. The molecule has 2 N–H and O–H groups in total. The maximum atomic E-state index is 9.14. The van der Waals surface area contributed by atoms with Gasteiger partial charge in [0.05, 0.1) is 5.69 Å². The Hall–Kier alpha value is -1.77. The van der Waals surface area contributed by atoms with Crippen LogP contribution >= 0.6 is 23.4 Å². The molecule has 1 aromatic carbocycles. The molecule has 0 bridgehead atoms. The van der Waals surface area contributed by atoms with E-state index in [4.69, 9.17) is 22.6 Å². The van der Waals surface area contributed by atoms with Gasteiger partial charge in [0, 0.05) is 10.6 Å². The van der Waals surface area contributed by atoms with Crippen molar-refractivity contribution in [2.45, 2.75) is 5.16 Å². The van der Waals surface area contributed by atoms with Crippen LogP contribution in [0.4, 0.5) is 5.82 Å². The van der Waals surface area contributed by atoms with E-state index in [-0.39, 0.29) is 11.4 Å². The molecule has 0 radical (unpaired) electrons. The Labute approximate surface area is 114 Å². The van der Waals surface area contributed by atoms with Crippen LogP contribution in [0, 0.1) is 11.3 Å². The highest BCUT2D eigenvalue weighted by atomic mass is 35.5. The summed E-state index contributed by atoms with van der Waals surface area (Å²) in [6.07, 6.45) is 1.85. The summed E-state index contributed by atoms with van der Waals surface area (Å²) in [7, 11) is 0. The van der Waals surface area contributed by atoms with Crippen molar-refractivity contribution in [3.05, 3.63) is 34.9 Å². The molecule has 18 heavy (non-hydrogen) atoms. The van der Waals surface area contributed by atoms with E-state index in [9.17, 15) is 0 Å². The number of aromatic nitrogens is 2. The monoisotopic (exact) mass is 276 g/mol. The molecule has 0 aliphatic carbocycles. The van der Waals surface area contributed by atoms with E-state index in [1.807, 2.05) is 18.4 Å². The maximum absolute atomic E-state index is 9.14. The number of hydrogen-bond donors (Lipinski definition) is 1. The first-order valence-electron chi connectivity index (χ1n) is 5.03. The van der Waals surface area contributed by atoms with Crippen LogP contribution < -0.4 is 5.73 Å². The van der Waals surface area contributed by atoms with Gasteiger partial charge in [-0.1, -0.05) is 35.5 Å². The quantitative estimate of drug-likeness (QED) is 0.674. The lowest BCUT2D eigenvalue weighted by Gasteiger charge is -2.07. The van der Waals surface area contributed by atoms with Gasteiger partial charge in [0.25, 0.3) is 0 Å². The topological polar surface area (TPSA) is 75.6 Å². The molecule has 0 aliphatic heterocycles. The van der Waals surface area contributed by atoms with E-state index in [1.165, 1.54) is 11.8 Å². The largest absolute Gasteiger partial charge is 0.382 e. The zero-order chi connectivity index (χ0) is 13.1. The minimum atomic E-state index is 0.187. The number of hydrogen-bond acceptors (Lipinski definition) is 5. The summed E-state index contributed by atoms with van der Waals surface area (Å²) >= 11 is 7.31. The van der Waals surface area contributed by atoms with Crippen LogP contribution in [0.1, 0.15) is 5.56 Å². The van der Waals surface area contributed by atoms with Crippen molar-refractivity contribution in [1.82, 2.24) is 9.97 Å².